The molecule has 1 aliphatic carbocycles. The smallest absolute Gasteiger partial charge is 0.344 e. The van der Waals surface area contributed by atoms with Crippen molar-refractivity contribution in [1.29, 1.82) is 0 Å². The van der Waals surface area contributed by atoms with Crippen LogP contribution in [-0.2, 0) is 31.5 Å². The zero-order chi connectivity index (χ0) is 32.6. The summed E-state index contributed by atoms with van der Waals surface area (Å²) in [6.45, 7) is 4.10. The third-order valence-electron chi connectivity index (χ3n) is 8.50. The number of hydrogen-bond donors (Lipinski definition) is 3. The van der Waals surface area contributed by atoms with Crippen molar-refractivity contribution in [3.8, 4) is 0 Å². The van der Waals surface area contributed by atoms with E-state index >= 15 is 4.39 Å². The Kier molecular flexibility index (Phi) is 11.5. The highest BCUT2D eigenvalue weighted by molar-refractivity contribution is 5.98. The van der Waals surface area contributed by atoms with Gasteiger partial charge in [0.25, 0.3) is 5.91 Å². The van der Waals surface area contributed by atoms with Crippen molar-refractivity contribution < 1.29 is 32.3 Å². The molecular weight excluding hydrogens is 589 g/mol. The molecule has 2 heterocycles. The number of anilines is 1. The van der Waals surface area contributed by atoms with E-state index < -0.39 is 47.1 Å². The molecule has 1 saturated heterocycles. The lowest BCUT2D eigenvalue weighted by atomic mass is 9.83. The number of carbonyl (C=O) groups excluding carboxylic acids is 4. The van der Waals surface area contributed by atoms with Crippen LogP contribution >= 0.6 is 0 Å². The first-order valence-corrected chi connectivity index (χ1v) is 15.4. The van der Waals surface area contributed by atoms with Gasteiger partial charge in [0.1, 0.15) is 17.9 Å². The first-order valence-electron chi connectivity index (χ1n) is 15.4. The largest absolute Gasteiger partial charge is 0.351 e. The van der Waals surface area contributed by atoms with E-state index in [0.29, 0.717) is 44.6 Å². The Balaban J connectivity index is 1.48. The van der Waals surface area contributed by atoms with Gasteiger partial charge in [-0.15, -0.1) is 0 Å². The highest BCUT2D eigenvalue weighted by atomic mass is 19.3. The second kappa shape index (κ2) is 15.3. The molecule has 45 heavy (non-hydrogen) atoms. The first-order chi connectivity index (χ1) is 21.5. The fraction of sp³-hybridized carbons (Fsp3) is 0.531. The van der Waals surface area contributed by atoms with Crippen LogP contribution in [-0.4, -0.2) is 83.7 Å². The van der Waals surface area contributed by atoms with Crippen molar-refractivity contribution in [2.24, 2.45) is 5.92 Å². The van der Waals surface area contributed by atoms with Crippen LogP contribution in [0.2, 0.25) is 0 Å². The van der Waals surface area contributed by atoms with E-state index in [4.69, 9.17) is 0 Å². The maximum Gasteiger partial charge on any atom is 0.351 e. The molecule has 1 aromatic heterocycles. The molecule has 0 radical (unpaired) electrons. The van der Waals surface area contributed by atoms with E-state index in [1.807, 2.05) is 7.05 Å². The Bertz CT molecular complexity index is 1350. The molecule has 3 N–H and O–H groups in total. The van der Waals surface area contributed by atoms with E-state index in [0.717, 1.165) is 31.5 Å². The topological polar surface area (TPSA) is 124 Å². The lowest BCUT2D eigenvalue weighted by Gasteiger charge is -2.34. The Hall–Kier alpha value is -4.00. The van der Waals surface area contributed by atoms with Crippen LogP contribution in [0.4, 0.5) is 18.9 Å². The number of halogens is 3. The third kappa shape index (κ3) is 8.80. The number of rotatable bonds is 11. The lowest BCUT2D eigenvalue weighted by molar-refractivity contribution is -0.149. The van der Waals surface area contributed by atoms with Crippen LogP contribution in [0.5, 0.6) is 0 Å². The second-order valence-corrected chi connectivity index (χ2v) is 11.8. The van der Waals surface area contributed by atoms with Gasteiger partial charge in [0, 0.05) is 57.0 Å². The van der Waals surface area contributed by atoms with Crippen LogP contribution in [0.1, 0.15) is 56.6 Å². The van der Waals surface area contributed by atoms with Gasteiger partial charge in [-0.3, -0.25) is 24.2 Å². The summed E-state index contributed by atoms with van der Waals surface area (Å²) in [6, 6.07) is 4.19. The number of benzene rings is 1. The van der Waals surface area contributed by atoms with Crippen LogP contribution in [0.15, 0.2) is 42.7 Å². The van der Waals surface area contributed by atoms with Gasteiger partial charge in [0.05, 0.1) is 5.69 Å². The molecule has 0 spiro atoms. The van der Waals surface area contributed by atoms with Crippen LogP contribution in [0.25, 0.3) is 0 Å². The first kappa shape index (κ1) is 33.9. The van der Waals surface area contributed by atoms with Gasteiger partial charge in [0.15, 0.2) is 0 Å². The van der Waals surface area contributed by atoms with Gasteiger partial charge in [-0.25, -0.2) is 4.39 Å². The molecule has 2 aromatic rings. The van der Waals surface area contributed by atoms with Gasteiger partial charge >= 0.3 is 5.92 Å². The Morgan fingerprint density at radius 1 is 1.02 bits per heavy atom. The number of likely N-dealkylation sites (N-methyl/N-ethyl adjacent to an activating group) is 1. The van der Waals surface area contributed by atoms with Crippen LogP contribution in [0, 0.1) is 11.7 Å². The number of pyridine rings is 1. The summed E-state index contributed by atoms with van der Waals surface area (Å²) in [4.78, 5) is 59.1. The molecule has 1 saturated carbocycles. The molecule has 2 atom stereocenters. The normalized spacial score (nSPS) is 17.7. The van der Waals surface area contributed by atoms with Crippen LogP contribution < -0.4 is 16.0 Å². The summed E-state index contributed by atoms with van der Waals surface area (Å²) in [5, 5.41) is 7.45. The molecule has 0 bridgehead atoms. The molecule has 2 unspecified atom stereocenters. The monoisotopic (exact) mass is 630 g/mol. The van der Waals surface area contributed by atoms with Gasteiger partial charge in [-0.05, 0) is 55.6 Å². The second-order valence-electron chi connectivity index (χ2n) is 11.8. The highest BCUT2D eigenvalue weighted by Crippen LogP contribution is 2.31. The van der Waals surface area contributed by atoms with Gasteiger partial charge in [0.2, 0.25) is 17.7 Å². The van der Waals surface area contributed by atoms with Gasteiger partial charge in [-0.2, -0.15) is 8.78 Å². The summed E-state index contributed by atoms with van der Waals surface area (Å²) < 4.78 is 45.3. The number of aromatic nitrogens is 1. The van der Waals surface area contributed by atoms with E-state index in [1.54, 1.807) is 11.8 Å². The average molecular weight is 631 g/mol. The zero-order valence-electron chi connectivity index (χ0n) is 25.7. The minimum atomic E-state index is -3.93. The minimum Gasteiger partial charge on any atom is -0.344 e. The van der Waals surface area contributed by atoms with Crippen molar-refractivity contribution >= 4 is 29.3 Å². The van der Waals surface area contributed by atoms with Crippen LogP contribution in [0.3, 0.4) is 0 Å². The molecular formula is C32H41F3N6O4. The Morgan fingerprint density at radius 3 is 2.36 bits per heavy atom. The molecule has 2 fully saturated rings. The molecule has 4 amide bonds. The quantitative estimate of drug-likeness (QED) is 0.351. The number of amides is 4. The molecule has 1 aliphatic heterocycles. The van der Waals surface area contributed by atoms with E-state index in [1.165, 1.54) is 30.5 Å². The molecule has 2 aliphatic rings. The number of nitrogens with zero attached hydrogens (tertiary/aromatic N) is 3. The summed E-state index contributed by atoms with van der Waals surface area (Å²) in [6.07, 6.45) is 5.98. The maximum absolute atomic E-state index is 15.3. The number of alkyl halides is 2. The van der Waals surface area contributed by atoms with Crippen molar-refractivity contribution in [2.75, 3.05) is 38.5 Å². The predicted octanol–water partition coefficient (Wildman–Crippen LogP) is 3.23. The Labute approximate surface area is 261 Å². The van der Waals surface area contributed by atoms with Crippen molar-refractivity contribution in [2.45, 2.75) is 69.9 Å². The Morgan fingerprint density at radius 2 is 1.73 bits per heavy atom. The average Bonchev–Trinajstić information content (AvgIpc) is 3.05. The number of hydrogen-bond acceptors (Lipinski definition) is 6. The van der Waals surface area contributed by atoms with E-state index in [-0.39, 0.29) is 30.3 Å². The third-order valence-corrected chi connectivity index (χ3v) is 8.50. The fourth-order valence-corrected chi connectivity index (χ4v) is 5.75. The molecule has 4 rings (SSSR count). The molecule has 244 valence electrons. The zero-order valence-corrected chi connectivity index (χ0v) is 25.7. The summed E-state index contributed by atoms with van der Waals surface area (Å²) in [7, 11) is 1.96. The summed E-state index contributed by atoms with van der Waals surface area (Å²) in [5.41, 5.74) is -0.383. The van der Waals surface area contributed by atoms with Crippen molar-refractivity contribution in [3.05, 3.63) is 59.7 Å². The predicted molar refractivity (Wildman–Crippen MR) is 162 cm³/mol. The lowest BCUT2D eigenvalue weighted by Crippen LogP contribution is -2.54. The standard InChI is InChI=1S/C32H41F3N6O4/c1-3-27(42)37-26(30(44)41-16-14-40(2)15-17-41)19-21-11-12-25(24(33)18-21)38-29(43)28(22-8-5-4-6-9-22)39-31(45)32(34,35)23-10-7-13-36-20-23/h7,10-13,18,20,22,26,28H,3-6,8-9,14-17,19H2,1-2H3,(H,37,42)(H,38,43)(H,39,45). The minimum absolute atomic E-state index is 0.0340. The number of nitrogens with one attached hydrogen (secondary N) is 3. The van der Waals surface area contributed by atoms with Crippen molar-refractivity contribution in [3.63, 3.8) is 0 Å². The van der Waals surface area contributed by atoms with Crippen molar-refractivity contribution in [1.82, 2.24) is 25.4 Å². The maximum atomic E-state index is 15.3. The van der Waals surface area contributed by atoms with E-state index in [9.17, 15) is 28.0 Å². The summed E-state index contributed by atoms with van der Waals surface area (Å²) in [5.74, 6) is -8.14. The molecule has 10 nitrogen and oxygen atoms in total. The highest BCUT2D eigenvalue weighted by Gasteiger charge is 2.44. The van der Waals surface area contributed by atoms with E-state index in [2.05, 4.69) is 25.8 Å². The van der Waals surface area contributed by atoms with Gasteiger partial charge in [-0.1, -0.05) is 32.3 Å². The van der Waals surface area contributed by atoms with Gasteiger partial charge < -0.3 is 25.8 Å². The number of carbonyl (C=O) groups is 4. The molecule has 1 aromatic carbocycles. The SMILES string of the molecule is CCC(=O)NC(Cc1ccc(NC(=O)C(NC(=O)C(F)(F)c2cccnc2)C2CCCCC2)c(F)c1)C(=O)N1CCN(C)CC1. The molecule has 13 heteroatoms. The number of piperazine rings is 1. The summed E-state index contributed by atoms with van der Waals surface area (Å²) >= 11 is 0. The fourth-order valence-electron chi connectivity index (χ4n) is 5.75.